The molecule has 0 unspecified atom stereocenters. The largest absolute Gasteiger partial charge is 0.486 e. The van der Waals surface area contributed by atoms with E-state index in [0.29, 0.717) is 18.2 Å². The summed E-state index contributed by atoms with van der Waals surface area (Å²) in [6.07, 6.45) is 1.71. The van der Waals surface area contributed by atoms with Crippen molar-refractivity contribution < 1.29 is 18.3 Å². The Hall–Kier alpha value is -3.67. The second-order valence-corrected chi connectivity index (χ2v) is 6.05. The monoisotopic (exact) mass is 378 g/mol. The van der Waals surface area contributed by atoms with Crippen molar-refractivity contribution in [2.45, 2.75) is 6.61 Å². The summed E-state index contributed by atoms with van der Waals surface area (Å²) >= 11 is 0. The number of hydrogen-bond acceptors (Lipinski definition) is 3. The number of nitrogens with one attached hydrogen (secondary N) is 1. The van der Waals surface area contributed by atoms with Gasteiger partial charge in [0, 0.05) is 6.07 Å². The quantitative estimate of drug-likeness (QED) is 0.466. The van der Waals surface area contributed by atoms with E-state index in [1.807, 2.05) is 42.5 Å². The van der Waals surface area contributed by atoms with Crippen LogP contribution in [0.2, 0.25) is 0 Å². The van der Waals surface area contributed by atoms with E-state index in [4.69, 9.17) is 9.47 Å². The van der Waals surface area contributed by atoms with Crippen molar-refractivity contribution in [3.8, 4) is 28.5 Å². The Morgan fingerprint density at radius 2 is 1.64 bits per heavy atom. The highest BCUT2D eigenvalue weighted by Crippen LogP contribution is 2.27. The summed E-state index contributed by atoms with van der Waals surface area (Å²) in [7, 11) is 0. The van der Waals surface area contributed by atoms with Crippen LogP contribution in [0.5, 0.6) is 17.2 Å². The average molecular weight is 378 g/mol. The van der Waals surface area contributed by atoms with E-state index in [-0.39, 0.29) is 5.75 Å². The number of imidazole rings is 1. The van der Waals surface area contributed by atoms with Crippen molar-refractivity contribution >= 4 is 0 Å². The molecule has 1 aromatic heterocycles. The number of benzene rings is 3. The van der Waals surface area contributed by atoms with Crippen LogP contribution in [0.3, 0.4) is 0 Å². The van der Waals surface area contributed by atoms with Gasteiger partial charge in [0.2, 0.25) is 0 Å². The summed E-state index contributed by atoms with van der Waals surface area (Å²) in [5.41, 5.74) is 1.70. The van der Waals surface area contributed by atoms with E-state index in [1.54, 1.807) is 18.3 Å². The first-order valence-corrected chi connectivity index (χ1v) is 8.62. The zero-order valence-corrected chi connectivity index (χ0v) is 14.7. The highest BCUT2D eigenvalue weighted by atomic mass is 19.1. The van der Waals surface area contributed by atoms with Crippen molar-refractivity contribution in [2.24, 2.45) is 0 Å². The lowest BCUT2D eigenvalue weighted by molar-refractivity contribution is 0.297. The standard InChI is InChI=1S/C22H16F2N2O2/c23-16-8-11-19(24)21(12-16)28-18-9-6-15(7-10-18)20-13-25-22(26-20)14-27-17-4-2-1-3-5-17/h1-13H,14H2,(H,25,26). The molecule has 140 valence electrons. The molecule has 0 saturated carbocycles. The van der Waals surface area contributed by atoms with Gasteiger partial charge in [0.15, 0.2) is 11.6 Å². The van der Waals surface area contributed by atoms with Crippen LogP contribution in [-0.2, 0) is 6.61 Å². The molecule has 4 aromatic rings. The van der Waals surface area contributed by atoms with Gasteiger partial charge in [-0.05, 0) is 54.1 Å². The summed E-state index contributed by atoms with van der Waals surface area (Å²) in [6.45, 7) is 0.323. The Bertz CT molecular complexity index is 1060. The SMILES string of the molecule is Fc1ccc(F)c(Oc2ccc(-c3cnc(COc4ccccc4)[nH]3)cc2)c1. The van der Waals surface area contributed by atoms with Crippen LogP contribution in [0.1, 0.15) is 5.82 Å². The van der Waals surface area contributed by atoms with Crippen LogP contribution in [0.15, 0.2) is 79.0 Å². The third kappa shape index (κ3) is 4.17. The van der Waals surface area contributed by atoms with Crippen LogP contribution in [0, 0.1) is 11.6 Å². The predicted octanol–water partition coefficient (Wildman–Crippen LogP) is 5.73. The van der Waals surface area contributed by atoms with Crippen LogP contribution in [0.4, 0.5) is 8.78 Å². The summed E-state index contributed by atoms with van der Waals surface area (Å²) in [4.78, 5) is 7.51. The molecule has 1 N–H and O–H groups in total. The van der Waals surface area contributed by atoms with Crippen LogP contribution >= 0.6 is 0 Å². The van der Waals surface area contributed by atoms with Crippen molar-refractivity contribution in [3.63, 3.8) is 0 Å². The molecule has 28 heavy (non-hydrogen) atoms. The Kier molecular flexibility index (Phi) is 5.01. The molecular formula is C22H16F2N2O2. The van der Waals surface area contributed by atoms with Gasteiger partial charge in [0.1, 0.15) is 29.7 Å². The maximum absolute atomic E-state index is 13.7. The molecule has 1 heterocycles. The molecule has 0 aliphatic carbocycles. The molecule has 6 heteroatoms. The molecule has 4 rings (SSSR count). The Morgan fingerprint density at radius 1 is 0.857 bits per heavy atom. The Balaban J connectivity index is 1.42. The first-order valence-electron chi connectivity index (χ1n) is 8.62. The number of halogens is 2. The van der Waals surface area contributed by atoms with Crippen molar-refractivity contribution in [3.05, 3.63) is 96.5 Å². The minimum absolute atomic E-state index is 0.158. The second-order valence-electron chi connectivity index (χ2n) is 6.05. The van der Waals surface area contributed by atoms with E-state index in [2.05, 4.69) is 9.97 Å². The van der Waals surface area contributed by atoms with Crippen LogP contribution < -0.4 is 9.47 Å². The fraction of sp³-hybridized carbons (Fsp3) is 0.0455. The van der Waals surface area contributed by atoms with E-state index in [1.165, 1.54) is 0 Å². The van der Waals surface area contributed by atoms with Gasteiger partial charge in [-0.25, -0.2) is 13.8 Å². The lowest BCUT2D eigenvalue weighted by atomic mass is 10.1. The number of H-pyrrole nitrogens is 1. The van der Waals surface area contributed by atoms with Gasteiger partial charge in [-0.1, -0.05) is 18.2 Å². The van der Waals surface area contributed by atoms with Crippen molar-refractivity contribution in [2.75, 3.05) is 0 Å². The highest BCUT2D eigenvalue weighted by Gasteiger charge is 2.08. The molecule has 0 bridgehead atoms. The topological polar surface area (TPSA) is 47.1 Å². The van der Waals surface area contributed by atoms with Gasteiger partial charge in [0.05, 0.1) is 11.9 Å². The number of ether oxygens (including phenoxy) is 2. The number of hydrogen-bond donors (Lipinski definition) is 1. The Labute approximate surface area is 160 Å². The fourth-order valence-corrected chi connectivity index (χ4v) is 2.64. The third-order valence-corrected chi connectivity index (χ3v) is 4.03. The van der Waals surface area contributed by atoms with Crippen LogP contribution in [0.25, 0.3) is 11.3 Å². The molecular weight excluding hydrogens is 362 g/mol. The first kappa shape index (κ1) is 17.7. The zero-order chi connectivity index (χ0) is 19.3. The molecule has 0 aliphatic rings. The summed E-state index contributed by atoms with van der Waals surface area (Å²) in [6, 6.07) is 19.6. The van der Waals surface area contributed by atoms with Crippen molar-refractivity contribution in [1.29, 1.82) is 0 Å². The lowest BCUT2D eigenvalue weighted by Gasteiger charge is -2.07. The molecule has 0 atom stereocenters. The Morgan fingerprint density at radius 3 is 2.43 bits per heavy atom. The smallest absolute Gasteiger partial charge is 0.165 e. The normalized spacial score (nSPS) is 10.6. The maximum Gasteiger partial charge on any atom is 0.165 e. The van der Waals surface area contributed by atoms with Gasteiger partial charge in [-0.15, -0.1) is 0 Å². The number of nitrogens with zero attached hydrogens (tertiary/aromatic N) is 1. The number of aromatic amines is 1. The van der Waals surface area contributed by atoms with Gasteiger partial charge in [0.25, 0.3) is 0 Å². The number of aromatic nitrogens is 2. The summed E-state index contributed by atoms with van der Waals surface area (Å²) in [5, 5.41) is 0. The number of rotatable bonds is 6. The minimum Gasteiger partial charge on any atom is -0.486 e. The molecule has 0 saturated heterocycles. The third-order valence-electron chi connectivity index (χ3n) is 4.03. The van der Waals surface area contributed by atoms with E-state index in [9.17, 15) is 8.78 Å². The average Bonchev–Trinajstić information content (AvgIpc) is 3.20. The van der Waals surface area contributed by atoms with Gasteiger partial charge in [-0.3, -0.25) is 0 Å². The predicted molar refractivity (Wildman–Crippen MR) is 101 cm³/mol. The fourth-order valence-electron chi connectivity index (χ4n) is 2.64. The molecule has 0 aliphatic heterocycles. The van der Waals surface area contributed by atoms with Crippen molar-refractivity contribution in [1.82, 2.24) is 9.97 Å². The minimum atomic E-state index is -0.623. The van der Waals surface area contributed by atoms with E-state index >= 15 is 0 Å². The highest BCUT2D eigenvalue weighted by molar-refractivity contribution is 5.59. The first-order chi connectivity index (χ1) is 13.7. The summed E-state index contributed by atoms with van der Waals surface area (Å²) in [5.74, 6) is 0.528. The zero-order valence-electron chi connectivity index (χ0n) is 14.7. The molecule has 0 spiro atoms. The van der Waals surface area contributed by atoms with Gasteiger partial charge < -0.3 is 14.5 Å². The summed E-state index contributed by atoms with van der Waals surface area (Å²) < 4.78 is 38.0. The molecule has 3 aromatic carbocycles. The maximum atomic E-state index is 13.7. The molecule has 0 amide bonds. The number of para-hydroxylation sites is 1. The second kappa shape index (κ2) is 7.92. The molecule has 0 fully saturated rings. The van der Waals surface area contributed by atoms with E-state index in [0.717, 1.165) is 35.2 Å². The van der Waals surface area contributed by atoms with Gasteiger partial charge in [-0.2, -0.15) is 0 Å². The molecule has 0 radical (unpaired) electrons. The van der Waals surface area contributed by atoms with Gasteiger partial charge >= 0.3 is 0 Å². The van der Waals surface area contributed by atoms with Crippen LogP contribution in [-0.4, -0.2) is 9.97 Å². The molecule has 4 nitrogen and oxygen atoms in total. The lowest BCUT2D eigenvalue weighted by Crippen LogP contribution is -1.97. The van der Waals surface area contributed by atoms with E-state index < -0.39 is 11.6 Å².